The third kappa shape index (κ3) is 3.81. The maximum atomic E-state index is 11.5. The predicted octanol–water partition coefficient (Wildman–Crippen LogP) is 1.95. The van der Waals surface area contributed by atoms with Gasteiger partial charge in [-0.2, -0.15) is 0 Å². The van der Waals surface area contributed by atoms with Gasteiger partial charge in [-0.1, -0.05) is 13.3 Å². The van der Waals surface area contributed by atoms with Gasteiger partial charge in [0.2, 0.25) is 0 Å². The van der Waals surface area contributed by atoms with Crippen molar-refractivity contribution in [2.45, 2.75) is 26.3 Å². The fraction of sp³-hybridized carbons (Fsp3) is 0.455. The number of ether oxygens (including phenoxy) is 1. The molecular formula is C11H14BrNO3. The third-order valence-corrected chi connectivity index (χ3v) is 2.64. The van der Waals surface area contributed by atoms with E-state index in [0.717, 1.165) is 12.8 Å². The van der Waals surface area contributed by atoms with Crippen LogP contribution < -0.4 is 5.56 Å². The van der Waals surface area contributed by atoms with E-state index in [1.165, 1.54) is 4.57 Å². The van der Waals surface area contributed by atoms with Crippen LogP contribution >= 0.6 is 15.9 Å². The van der Waals surface area contributed by atoms with E-state index in [2.05, 4.69) is 15.9 Å². The fourth-order valence-electron chi connectivity index (χ4n) is 1.15. The maximum absolute atomic E-state index is 11.5. The predicted molar refractivity (Wildman–Crippen MR) is 64.3 cm³/mol. The van der Waals surface area contributed by atoms with E-state index >= 15 is 0 Å². The van der Waals surface area contributed by atoms with Crippen LogP contribution in [0.4, 0.5) is 0 Å². The van der Waals surface area contributed by atoms with Crippen molar-refractivity contribution in [1.29, 1.82) is 0 Å². The minimum absolute atomic E-state index is 0.0397. The van der Waals surface area contributed by atoms with Crippen molar-refractivity contribution in [3.63, 3.8) is 0 Å². The molecule has 1 aromatic heterocycles. The average Bonchev–Trinajstić information content (AvgIpc) is 2.25. The molecule has 1 rings (SSSR count). The van der Waals surface area contributed by atoms with E-state index in [1.807, 2.05) is 6.92 Å². The zero-order valence-corrected chi connectivity index (χ0v) is 10.7. The van der Waals surface area contributed by atoms with Crippen molar-refractivity contribution in [3.8, 4) is 0 Å². The molecule has 16 heavy (non-hydrogen) atoms. The Labute approximate surface area is 102 Å². The molecule has 0 saturated heterocycles. The molecule has 88 valence electrons. The van der Waals surface area contributed by atoms with Crippen LogP contribution in [0.15, 0.2) is 27.6 Å². The normalized spacial score (nSPS) is 10.1. The second-order valence-corrected chi connectivity index (χ2v) is 4.22. The first kappa shape index (κ1) is 13.0. The molecule has 0 N–H and O–H groups in total. The SMILES string of the molecule is CCCCOC(=O)Cn1cccc(Br)c1=O. The molecule has 0 aliphatic rings. The van der Waals surface area contributed by atoms with E-state index in [1.54, 1.807) is 18.3 Å². The second-order valence-electron chi connectivity index (χ2n) is 3.36. The third-order valence-electron chi connectivity index (χ3n) is 2.03. The van der Waals surface area contributed by atoms with Crippen LogP contribution in [-0.2, 0) is 16.1 Å². The zero-order chi connectivity index (χ0) is 12.0. The van der Waals surface area contributed by atoms with Gasteiger partial charge in [0.15, 0.2) is 0 Å². The van der Waals surface area contributed by atoms with Crippen LogP contribution in [0.1, 0.15) is 19.8 Å². The van der Waals surface area contributed by atoms with Gasteiger partial charge in [0.05, 0.1) is 11.1 Å². The number of aromatic nitrogens is 1. The number of unbranched alkanes of at least 4 members (excludes halogenated alkanes) is 1. The molecular weight excluding hydrogens is 274 g/mol. The summed E-state index contributed by atoms with van der Waals surface area (Å²) < 4.78 is 6.73. The van der Waals surface area contributed by atoms with Gasteiger partial charge in [-0.05, 0) is 34.5 Å². The summed E-state index contributed by atoms with van der Waals surface area (Å²) in [5, 5.41) is 0. The van der Waals surface area contributed by atoms with Crippen molar-refractivity contribution in [2.24, 2.45) is 0 Å². The molecule has 0 spiro atoms. The van der Waals surface area contributed by atoms with Crippen LogP contribution in [0.25, 0.3) is 0 Å². The number of hydrogen-bond acceptors (Lipinski definition) is 3. The summed E-state index contributed by atoms with van der Waals surface area (Å²) in [6.45, 7) is 2.40. The zero-order valence-electron chi connectivity index (χ0n) is 9.11. The van der Waals surface area contributed by atoms with Gasteiger partial charge in [0, 0.05) is 6.20 Å². The first-order valence-corrected chi connectivity index (χ1v) is 5.95. The van der Waals surface area contributed by atoms with Crippen LogP contribution in [0.2, 0.25) is 0 Å². The smallest absolute Gasteiger partial charge is 0.326 e. The lowest BCUT2D eigenvalue weighted by Crippen LogP contribution is -2.25. The number of nitrogens with zero attached hydrogens (tertiary/aromatic N) is 1. The Hall–Kier alpha value is -1.10. The van der Waals surface area contributed by atoms with Crippen molar-refractivity contribution >= 4 is 21.9 Å². The fourth-order valence-corrected chi connectivity index (χ4v) is 1.53. The molecule has 0 radical (unpaired) electrons. The Kier molecular flexibility index (Phi) is 5.25. The number of rotatable bonds is 5. The first-order chi connectivity index (χ1) is 7.65. The Morgan fingerprint density at radius 2 is 2.31 bits per heavy atom. The van der Waals surface area contributed by atoms with Crippen molar-refractivity contribution in [1.82, 2.24) is 4.57 Å². The largest absolute Gasteiger partial charge is 0.464 e. The molecule has 1 aromatic rings. The highest BCUT2D eigenvalue weighted by molar-refractivity contribution is 9.10. The van der Waals surface area contributed by atoms with Crippen molar-refractivity contribution < 1.29 is 9.53 Å². The molecule has 5 heteroatoms. The van der Waals surface area contributed by atoms with Gasteiger partial charge in [0.25, 0.3) is 5.56 Å². The topological polar surface area (TPSA) is 48.3 Å². The van der Waals surface area contributed by atoms with Gasteiger partial charge in [-0.3, -0.25) is 9.59 Å². The Balaban J connectivity index is 2.56. The maximum Gasteiger partial charge on any atom is 0.326 e. The van der Waals surface area contributed by atoms with Crippen LogP contribution in [0.3, 0.4) is 0 Å². The molecule has 0 atom stereocenters. The summed E-state index contributed by atoms with van der Waals surface area (Å²) in [6, 6.07) is 3.34. The van der Waals surface area contributed by atoms with Crippen LogP contribution in [0, 0.1) is 0 Å². The summed E-state index contributed by atoms with van der Waals surface area (Å²) in [4.78, 5) is 22.9. The lowest BCUT2D eigenvalue weighted by Gasteiger charge is -2.06. The summed E-state index contributed by atoms with van der Waals surface area (Å²) in [7, 11) is 0. The lowest BCUT2D eigenvalue weighted by molar-refractivity contribution is -0.144. The number of carbonyl (C=O) groups excluding carboxylic acids is 1. The molecule has 0 aliphatic carbocycles. The van der Waals surface area contributed by atoms with Gasteiger partial charge < -0.3 is 9.30 Å². The molecule has 1 heterocycles. The van der Waals surface area contributed by atoms with Crippen molar-refractivity contribution in [2.75, 3.05) is 6.61 Å². The minimum Gasteiger partial charge on any atom is -0.464 e. The number of halogens is 1. The minimum atomic E-state index is -0.381. The summed E-state index contributed by atoms with van der Waals surface area (Å²) >= 11 is 3.11. The first-order valence-electron chi connectivity index (χ1n) is 5.15. The summed E-state index contributed by atoms with van der Waals surface area (Å²) in [5.74, 6) is -0.381. The lowest BCUT2D eigenvalue weighted by atomic mass is 10.4. The Morgan fingerprint density at radius 3 is 3.00 bits per heavy atom. The van der Waals surface area contributed by atoms with E-state index in [4.69, 9.17) is 4.74 Å². The van der Waals surface area contributed by atoms with Gasteiger partial charge in [-0.15, -0.1) is 0 Å². The van der Waals surface area contributed by atoms with E-state index in [-0.39, 0.29) is 18.1 Å². The monoisotopic (exact) mass is 287 g/mol. The molecule has 4 nitrogen and oxygen atoms in total. The van der Waals surface area contributed by atoms with Gasteiger partial charge >= 0.3 is 5.97 Å². The van der Waals surface area contributed by atoms with Crippen LogP contribution in [-0.4, -0.2) is 17.1 Å². The molecule has 0 saturated carbocycles. The Morgan fingerprint density at radius 1 is 1.56 bits per heavy atom. The quantitative estimate of drug-likeness (QED) is 0.614. The molecule has 0 bridgehead atoms. The molecule has 0 aliphatic heterocycles. The number of carbonyl (C=O) groups is 1. The highest BCUT2D eigenvalue weighted by atomic mass is 79.9. The number of pyridine rings is 1. The standard InChI is InChI=1S/C11H14BrNO3/c1-2-3-7-16-10(14)8-13-6-4-5-9(12)11(13)15/h4-6H,2-3,7-8H2,1H3. The average molecular weight is 288 g/mol. The number of esters is 1. The van der Waals surface area contributed by atoms with E-state index in [0.29, 0.717) is 11.1 Å². The summed E-state index contributed by atoms with van der Waals surface area (Å²) in [5.41, 5.74) is -0.227. The van der Waals surface area contributed by atoms with E-state index < -0.39 is 0 Å². The molecule has 0 fully saturated rings. The van der Waals surface area contributed by atoms with Gasteiger partial charge in [-0.25, -0.2) is 0 Å². The van der Waals surface area contributed by atoms with Crippen LogP contribution in [0.5, 0.6) is 0 Å². The highest BCUT2D eigenvalue weighted by Crippen LogP contribution is 2.00. The highest BCUT2D eigenvalue weighted by Gasteiger charge is 2.06. The van der Waals surface area contributed by atoms with E-state index in [9.17, 15) is 9.59 Å². The summed E-state index contributed by atoms with van der Waals surface area (Å²) in [6.07, 6.45) is 3.39. The second kappa shape index (κ2) is 6.48. The Bertz CT molecular complexity index is 414. The molecule has 0 unspecified atom stereocenters. The molecule has 0 amide bonds. The van der Waals surface area contributed by atoms with Crippen molar-refractivity contribution in [3.05, 3.63) is 33.2 Å². The molecule has 0 aromatic carbocycles. The number of hydrogen-bond donors (Lipinski definition) is 0. The van der Waals surface area contributed by atoms with Gasteiger partial charge in [0.1, 0.15) is 6.54 Å².